The number of anilines is 1. The van der Waals surface area contributed by atoms with Crippen LogP contribution >= 0.6 is 0 Å². The first-order valence-electron chi connectivity index (χ1n) is 7.15. The highest BCUT2D eigenvalue weighted by Gasteiger charge is 2.75. The van der Waals surface area contributed by atoms with Gasteiger partial charge in [-0.05, 0) is 30.3 Å². The van der Waals surface area contributed by atoms with Crippen molar-refractivity contribution in [1.29, 1.82) is 0 Å². The second kappa shape index (κ2) is 7.05. The van der Waals surface area contributed by atoms with Gasteiger partial charge >= 0.3 is 18.0 Å². The second-order valence-corrected chi connectivity index (χ2v) is 7.26. The molecule has 0 aliphatic heterocycles. The van der Waals surface area contributed by atoms with E-state index in [2.05, 4.69) is 4.98 Å². The van der Waals surface area contributed by atoms with Gasteiger partial charge in [-0.2, -0.15) is 26.3 Å². The first-order valence-corrected chi connectivity index (χ1v) is 8.63. The van der Waals surface area contributed by atoms with Crippen LogP contribution in [0.15, 0.2) is 58.6 Å². The zero-order valence-electron chi connectivity index (χ0n) is 13.4. The number of nitrogens with one attached hydrogen (secondary N) is 1. The van der Waals surface area contributed by atoms with Crippen LogP contribution in [0.2, 0.25) is 0 Å². The summed E-state index contributed by atoms with van der Waals surface area (Å²) in [6.45, 7) is 0. The summed E-state index contributed by atoms with van der Waals surface area (Å²) in [6.07, 6.45) is -11.6. The van der Waals surface area contributed by atoms with Crippen LogP contribution in [-0.4, -0.2) is 42.4 Å². The number of benzene rings is 1. The summed E-state index contributed by atoms with van der Waals surface area (Å²) in [4.78, 5) is 14.7. The van der Waals surface area contributed by atoms with E-state index in [9.17, 15) is 39.6 Å². The normalized spacial score (nSPS) is 13.2. The van der Waals surface area contributed by atoms with Crippen LogP contribution in [0, 0.1) is 0 Å². The average Bonchev–Trinajstić information content (AvgIpc) is 2.60. The Morgan fingerprint density at radius 3 is 2.07 bits per heavy atom. The number of amides is 1. The number of hydrogen-bond donors (Lipinski definition) is 2. The van der Waals surface area contributed by atoms with Gasteiger partial charge in [-0.15, -0.1) is 0 Å². The molecule has 13 heteroatoms. The lowest BCUT2D eigenvalue weighted by atomic mass is 10.0. The lowest BCUT2D eigenvalue weighted by molar-refractivity contribution is -0.348. The van der Waals surface area contributed by atoms with E-state index in [0.717, 1.165) is 30.5 Å². The molecular formula is C15H10F6N2O4S. The number of rotatable bonds is 4. The summed E-state index contributed by atoms with van der Waals surface area (Å²) < 4.78 is 101. The van der Waals surface area contributed by atoms with Gasteiger partial charge in [0.15, 0.2) is 5.03 Å². The minimum atomic E-state index is -6.37. The molecule has 0 aliphatic rings. The third-order valence-electron chi connectivity index (χ3n) is 3.46. The molecule has 0 unspecified atom stereocenters. The Morgan fingerprint density at radius 1 is 0.964 bits per heavy atom. The maximum Gasteiger partial charge on any atom is 0.435 e. The van der Waals surface area contributed by atoms with E-state index in [1.54, 1.807) is 0 Å². The van der Waals surface area contributed by atoms with Gasteiger partial charge in [0.05, 0.1) is 4.90 Å². The summed E-state index contributed by atoms with van der Waals surface area (Å²) in [5.41, 5.74) is -6.40. The monoisotopic (exact) mass is 428 g/mol. The van der Waals surface area contributed by atoms with Crippen LogP contribution in [0.25, 0.3) is 0 Å². The lowest BCUT2D eigenvalue weighted by Crippen LogP contribution is -2.64. The molecule has 0 saturated carbocycles. The predicted molar refractivity (Wildman–Crippen MR) is 81.8 cm³/mol. The minimum absolute atomic E-state index is 0.430. The molecule has 2 aromatic rings. The first-order chi connectivity index (χ1) is 12.7. The van der Waals surface area contributed by atoms with Gasteiger partial charge in [-0.1, -0.05) is 12.1 Å². The number of aromatic nitrogens is 1. The minimum Gasteiger partial charge on any atom is -0.366 e. The fraction of sp³-hybridized carbons (Fsp3) is 0.200. The summed E-state index contributed by atoms with van der Waals surface area (Å²) in [5, 5.41) is 9.85. The van der Waals surface area contributed by atoms with Gasteiger partial charge < -0.3 is 10.4 Å². The van der Waals surface area contributed by atoms with Gasteiger partial charge in [0.2, 0.25) is 9.84 Å². The van der Waals surface area contributed by atoms with Gasteiger partial charge in [0.1, 0.15) is 0 Å². The van der Waals surface area contributed by atoms with Crippen LogP contribution in [0.4, 0.5) is 32.0 Å². The van der Waals surface area contributed by atoms with Crippen molar-refractivity contribution in [3.05, 3.63) is 48.7 Å². The largest absolute Gasteiger partial charge is 0.435 e. The molecule has 152 valence electrons. The molecule has 1 amide bonds. The number of alkyl halides is 6. The van der Waals surface area contributed by atoms with E-state index < -0.39 is 49.3 Å². The molecule has 6 nitrogen and oxygen atoms in total. The van der Waals surface area contributed by atoms with E-state index in [1.165, 1.54) is 17.4 Å². The topological polar surface area (TPSA) is 96.4 Å². The van der Waals surface area contributed by atoms with E-state index >= 15 is 0 Å². The summed E-state index contributed by atoms with van der Waals surface area (Å²) in [5.74, 6) is -2.83. The molecule has 0 bridgehead atoms. The summed E-state index contributed by atoms with van der Waals surface area (Å²) in [6, 6.07) is 7.35. The standard InChI is InChI=1S/C15H10F6N2O4S/c16-14(17,18)13(25,15(19,20)21)12(24)23-9-4-3-5-10(8-9)28(26,27)11-6-1-2-7-22-11/h1-8,25H,(H,23,24). The molecule has 0 spiro atoms. The molecule has 2 N–H and O–H groups in total. The number of hydrogen-bond acceptors (Lipinski definition) is 5. The molecule has 0 fully saturated rings. The lowest BCUT2D eigenvalue weighted by Gasteiger charge is -2.30. The highest BCUT2D eigenvalue weighted by atomic mass is 32.2. The van der Waals surface area contributed by atoms with Crippen LogP contribution in [0.5, 0.6) is 0 Å². The molecule has 1 aromatic heterocycles. The fourth-order valence-corrected chi connectivity index (χ4v) is 3.25. The van der Waals surface area contributed by atoms with Crippen molar-refractivity contribution in [3.8, 4) is 0 Å². The van der Waals surface area contributed by atoms with Crippen molar-refractivity contribution in [1.82, 2.24) is 4.98 Å². The molecule has 2 rings (SSSR count). The summed E-state index contributed by atoms with van der Waals surface area (Å²) >= 11 is 0. The average molecular weight is 428 g/mol. The van der Waals surface area contributed by atoms with Crippen LogP contribution in [0.3, 0.4) is 0 Å². The Balaban J connectivity index is 2.41. The second-order valence-electron chi connectivity index (χ2n) is 5.36. The van der Waals surface area contributed by atoms with Crippen LogP contribution < -0.4 is 5.32 Å². The Bertz CT molecular complexity index is 960. The van der Waals surface area contributed by atoms with Crippen LogP contribution in [-0.2, 0) is 14.6 Å². The summed E-state index contributed by atoms with van der Waals surface area (Å²) in [7, 11) is -4.26. The number of sulfone groups is 1. The molecular weight excluding hydrogens is 418 g/mol. The molecule has 0 atom stereocenters. The van der Waals surface area contributed by atoms with E-state index in [1.807, 2.05) is 0 Å². The van der Waals surface area contributed by atoms with Crippen molar-refractivity contribution in [3.63, 3.8) is 0 Å². The Kier molecular flexibility index (Phi) is 5.45. The van der Waals surface area contributed by atoms with Crippen molar-refractivity contribution < 1.29 is 44.7 Å². The molecule has 0 radical (unpaired) electrons. The van der Waals surface area contributed by atoms with E-state index in [4.69, 9.17) is 5.11 Å². The quantitative estimate of drug-likeness (QED) is 0.731. The van der Waals surface area contributed by atoms with Crippen molar-refractivity contribution in [2.24, 2.45) is 0 Å². The molecule has 0 aliphatic carbocycles. The van der Waals surface area contributed by atoms with Gasteiger partial charge in [-0.25, -0.2) is 13.4 Å². The van der Waals surface area contributed by atoms with E-state index in [-0.39, 0.29) is 0 Å². The third kappa shape index (κ3) is 3.80. The SMILES string of the molecule is O=C(Nc1cccc(S(=O)(=O)c2ccccn2)c1)C(O)(C(F)(F)F)C(F)(F)F. The Morgan fingerprint density at radius 2 is 1.57 bits per heavy atom. The van der Waals surface area contributed by atoms with Crippen molar-refractivity contribution in [2.45, 2.75) is 27.9 Å². The zero-order valence-corrected chi connectivity index (χ0v) is 14.2. The number of nitrogens with zero attached hydrogens (tertiary/aromatic N) is 1. The molecule has 1 heterocycles. The fourth-order valence-electron chi connectivity index (χ4n) is 2.01. The predicted octanol–water partition coefficient (Wildman–Crippen LogP) is 2.71. The number of carbonyl (C=O) groups excluding carboxylic acids is 1. The third-order valence-corrected chi connectivity index (χ3v) is 5.13. The highest BCUT2D eigenvalue weighted by Crippen LogP contribution is 2.43. The highest BCUT2D eigenvalue weighted by molar-refractivity contribution is 7.91. The van der Waals surface area contributed by atoms with Gasteiger partial charge in [0.25, 0.3) is 5.91 Å². The van der Waals surface area contributed by atoms with Gasteiger partial charge in [0, 0.05) is 11.9 Å². The van der Waals surface area contributed by atoms with Crippen molar-refractivity contribution >= 4 is 21.4 Å². The molecule has 1 aromatic carbocycles. The Hall–Kier alpha value is -2.67. The molecule has 28 heavy (non-hydrogen) atoms. The smallest absolute Gasteiger partial charge is 0.366 e. The Labute approximate surface area is 153 Å². The zero-order chi connectivity index (χ0) is 21.4. The maximum atomic E-state index is 12.7. The number of aliphatic hydroxyl groups is 1. The molecule has 0 saturated heterocycles. The number of carbonyl (C=O) groups is 1. The number of pyridine rings is 1. The maximum absolute atomic E-state index is 12.7. The number of halogens is 6. The first kappa shape index (κ1) is 21.6. The van der Waals surface area contributed by atoms with Crippen LogP contribution in [0.1, 0.15) is 0 Å². The van der Waals surface area contributed by atoms with Crippen molar-refractivity contribution in [2.75, 3.05) is 5.32 Å². The van der Waals surface area contributed by atoms with Gasteiger partial charge in [-0.3, -0.25) is 4.79 Å². The van der Waals surface area contributed by atoms with E-state index in [0.29, 0.717) is 6.07 Å².